The number of alkyl halides is 4. The third-order valence-electron chi connectivity index (χ3n) is 15.0. The van der Waals surface area contributed by atoms with E-state index in [0.717, 1.165) is 4.90 Å². The number of carbonyl (C=O) groups is 5. The van der Waals surface area contributed by atoms with Gasteiger partial charge in [0.1, 0.15) is 30.1 Å². The van der Waals surface area contributed by atoms with Crippen LogP contribution in [0.1, 0.15) is 97.2 Å². The molecule has 17 nitrogen and oxygen atoms in total. The minimum atomic E-state index is -4.64. The van der Waals surface area contributed by atoms with Crippen LogP contribution >= 0.6 is 0 Å². The molecule has 0 aliphatic carbocycles. The number of rotatable bonds is 10. The van der Waals surface area contributed by atoms with E-state index >= 15 is 4.39 Å². The monoisotopic (exact) mass is 1080 g/mol. The van der Waals surface area contributed by atoms with Crippen LogP contribution in [0.15, 0.2) is 47.2 Å². The van der Waals surface area contributed by atoms with E-state index in [1.165, 1.54) is 34.9 Å². The number of amides is 4. The van der Waals surface area contributed by atoms with Gasteiger partial charge in [0.2, 0.25) is 11.8 Å². The predicted octanol–water partition coefficient (Wildman–Crippen LogP) is 5.13. The van der Waals surface area contributed by atoms with E-state index in [2.05, 4.69) is 27.6 Å². The number of likely N-dealkylation sites (N-methyl/N-ethyl adjacent to an activating group) is 1. The molecule has 3 aliphatic heterocycles. The van der Waals surface area contributed by atoms with Crippen molar-refractivity contribution in [3.8, 4) is 34.6 Å². The average Bonchev–Trinajstić information content (AvgIpc) is 3.95. The van der Waals surface area contributed by atoms with Crippen LogP contribution in [0.3, 0.4) is 0 Å². The summed E-state index contributed by atoms with van der Waals surface area (Å²) in [6.07, 6.45) is -2.37. The lowest BCUT2D eigenvalue weighted by Crippen LogP contribution is -2.68. The van der Waals surface area contributed by atoms with Crippen molar-refractivity contribution in [3.05, 3.63) is 59.7 Å². The van der Waals surface area contributed by atoms with Crippen molar-refractivity contribution in [1.82, 2.24) is 45.0 Å². The number of nitrogens with zero attached hydrogens (tertiary/aromatic N) is 7. The van der Waals surface area contributed by atoms with Gasteiger partial charge in [-0.2, -0.15) is 13.2 Å². The molecule has 3 aromatic heterocycles. The van der Waals surface area contributed by atoms with Crippen molar-refractivity contribution < 1.29 is 55.4 Å². The van der Waals surface area contributed by atoms with Crippen LogP contribution in [-0.2, 0) is 52.8 Å². The second-order valence-corrected chi connectivity index (χ2v) is 24.2. The molecule has 4 aromatic rings. The molecule has 0 radical (unpaired) electrons. The van der Waals surface area contributed by atoms with Gasteiger partial charge in [-0.15, -0.1) is 0 Å². The largest absolute Gasteiger partial charge is 0.464 e. The van der Waals surface area contributed by atoms with E-state index in [4.69, 9.17) is 18.9 Å². The zero-order valence-electron chi connectivity index (χ0n) is 45.5. The van der Waals surface area contributed by atoms with Gasteiger partial charge in [-0.1, -0.05) is 33.6 Å². The summed E-state index contributed by atoms with van der Waals surface area (Å²) in [5, 5.41) is 3.29. The number of cyclic esters (lactones) is 1. The minimum Gasteiger partial charge on any atom is -0.464 e. The Kier molecular flexibility index (Phi) is 16.7. The molecule has 4 atom stereocenters. The maximum Gasteiger partial charge on any atom is 0.406 e. The molecule has 0 saturated carbocycles. The number of methoxy groups -OCH3 is 1. The van der Waals surface area contributed by atoms with Crippen molar-refractivity contribution >= 4 is 50.7 Å². The fourth-order valence-electron chi connectivity index (χ4n) is 10.1. The number of oxazole rings is 1. The smallest absolute Gasteiger partial charge is 0.406 e. The number of likely N-dealkylation sites (tertiary alicyclic amines) is 1. The number of piperidine rings is 1. The van der Waals surface area contributed by atoms with E-state index in [0.29, 0.717) is 40.6 Å². The number of nitrogens with one attached hydrogen (secondary N) is 2. The number of esters is 1. The number of hydrazine groups is 1. The summed E-state index contributed by atoms with van der Waals surface area (Å²) < 4.78 is 80.0. The standard InChI is InChI=1S/C54H71F4N9O8Si/c1-32(2)43(64(10)48(71)52(55)20-24-65(25-21-52)41(68)17-19-51(6,7)63(8)9)45(69)61-39-27-35-29-74-46(60-35)34-15-16-40-37(26-34)38(28-50(4,5)31-75-49(72)53(76)18-13-23-67(62-53)47(39)70)44(66(40)30-54(56,57)58)36-14-12-22-59-42(36)33(3)73-11/h12,14-16,22,26,29,32-33,39,43,62H,13,18,20-21,23-25,27-28,30-31H2,1-11,76H3,(H,61,69)/t33-,39-,43-,53-/m0/s1. The Morgan fingerprint density at radius 2 is 1.75 bits per heavy atom. The SMILES string of the molecule is CO[C@@H](C)c1ncccc1-c1c2c3cc(ccc3n1CC(F)(F)F)-c1nc(co1)C[C@H](NC(=O)[C@H](C(C)C)N(C)C(=O)C1(F)CCN(C(=O)C#CC(C)(C)N(C)C)CC1)C(=O)N1CCC[C@@]([SiH3])(N1)C(=O)OCC(C)(C)C2. The first-order valence-corrected chi connectivity index (χ1v) is 26.7. The van der Waals surface area contributed by atoms with Gasteiger partial charge in [0.05, 0.1) is 35.3 Å². The number of halogens is 4. The van der Waals surface area contributed by atoms with Crippen molar-refractivity contribution in [2.75, 3.05) is 54.5 Å². The molecule has 2 N–H and O–H groups in total. The zero-order chi connectivity index (χ0) is 55.9. The zero-order valence-corrected chi connectivity index (χ0v) is 47.5. The van der Waals surface area contributed by atoms with Crippen molar-refractivity contribution in [2.24, 2.45) is 11.3 Å². The number of ether oxygens (including phenoxy) is 2. The lowest BCUT2D eigenvalue weighted by Gasteiger charge is -2.42. The second kappa shape index (κ2) is 22.1. The Hall–Kier alpha value is -6.15. The number of hydrogen-bond donors (Lipinski definition) is 2. The normalized spacial score (nSPS) is 21.1. The molecular weight excluding hydrogens is 1010 g/mol. The highest BCUT2D eigenvalue weighted by Crippen LogP contribution is 2.43. The van der Waals surface area contributed by atoms with E-state index in [1.54, 1.807) is 57.3 Å². The Balaban J connectivity index is 1.25. The molecule has 2 saturated heterocycles. The van der Waals surface area contributed by atoms with E-state index < -0.39 is 88.2 Å². The van der Waals surface area contributed by atoms with Gasteiger partial charge >= 0.3 is 12.1 Å². The van der Waals surface area contributed by atoms with Crippen LogP contribution in [0.5, 0.6) is 0 Å². The Labute approximate surface area is 444 Å². The summed E-state index contributed by atoms with van der Waals surface area (Å²) in [5.74, 6) is 1.68. The Bertz CT molecular complexity index is 2920. The molecule has 22 heteroatoms. The fraction of sp³-hybridized carbons (Fsp3) is 0.574. The molecule has 6 heterocycles. The van der Waals surface area contributed by atoms with Crippen LogP contribution in [-0.4, -0.2) is 163 Å². The molecule has 2 fully saturated rings. The first kappa shape index (κ1) is 57.5. The van der Waals surface area contributed by atoms with E-state index in [-0.39, 0.29) is 85.0 Å². The van der Waals surface area contributed by atoms with Crippen LogP contribution < -0.4 is 10.7 Å². The van der Waals surface area contributed by atoms with Crippen molar-refractivity contribution in [1.29, 1.82) is 0 Å². The van der Waals surface area contributed by atoms with Gasteiger partial charge in [0, 0.05) is 96.9 Å². The molecule has 0 spiro atoms. The molecule has 3 aliphatic rings. The maximum absolute atomic E-state index is 16.8. The van der Waals surface area contributed by atoms with Gasteiger partial charge in [0.15, 0.2) is 5.67 Å². The van der Waals surface area contributed by atoms with E-state index in [9.17, 15) is 37.1 Å². The third-order valence-corrected chi connectivity index (χ3v) is 16.2. The first-order chi connectivity index (χ1) is 35.5. The predicted molar refractivity (Wildman–Crippen MR) is 280 cm³/mol. The first-order valence-electron chi connectivity index (χ1n) is 25.7. The summed E-state index contributed by atoms with van der Waals surface area (Å²) in [6.45, 7) is 11.1. The molecule has 0 unspecified atom stereocenters. The molecule has 7 rings (SSSR count). The number of carbonyl (C=O) groups excluding carboxylic acids is 5. The summed E-state index contributed by atoms with van der Waals surface area (Å²) in [6, 6.07) is 5.61. The van der Waals surface area contributed by atoms with Gasteiger partial charge in [-0.05, 0) is 102 Å². The number of aromatic nitrogens is 3. The molecule has 412 valence electrons. The third kappa shape index (κ3) is 12.3. The average molecular weight is 1080 g/mol. The van der Waals surface area contributed by atoms with Gasteiger partial charge in [-0.3, -0.25) is 38.9 Å². The molecule has 6 bridgehead atoms. The lowest BCUT2D eigenvalue weighted by molar-refractivity contribution is -0.158. The molecule has 4 amide bonds. The minimum absolute atomic E-state index is 0.0714. The highest BCUT2D eigenvalue weighted by molar-refractivity contribution is 6.27. The Morgan fingerprint density at radius 3 is 2.39 bits per heavy atom. The summed E-state index contributed by atoms with van der Waals surface area (Å²) in [7, 11) is 6.69. The van der Waals surface area contributed by atoms with Crippen LogP contribution in [0, 0.1) is 23.2 Å². The second-order valence-electron chi connectivity index (χ2n) is 22.5. The van der Waals surface area contributed by atoms with E-state index in [1.807, 2.05) is 46.7 Å². The van der Waals surface area contributed by atoms with Crippen LogP contribution in [0.4, 0.5) is 17.6 Å². The van der Waals surface area contributed by atoms with Crippen molar-refractivity contribution in [3.63, 3.8) is 0 Å². The number of pyridine rings is 1. The highest BCUT2D eigenvalue weighted by atomic mass is 28.1. The van der Waals surface area contributed by atoms with Gasteiger partial charge in [0.25, 0.3) is 17.7 Å². The lowest BCUT2D eigenvalue weighted by atomic mass is 9.84. The molecule has 76 heavy (non-hydrogen) atoms. The maximum atomic E-state index is 16.8. The highest BCUT2D eigenvalue weighted by Gasteiger charge is 2.48. The topological polar surface area (TPSA) is 185 Å². The van der Waals surface area contributed by atoms with Crippen LogP contribution in [0.25, 0.3) is 33.6 Å². The Morgan fingerprint density at radius 1 is 1.05 bits per heavy atom. The molecule has 1 aromatic carbocycles. The number of fused-ring (bicyclic) bond motifs is 6. The number of benzene rings is 1. The van der Waals surface area contributed by atoms with Gasteiger partial charge < -0.3 is 33.6 Å². The quantitative estimate of drug-likeness (QED) is 0.0926. The summed E-state index contributed by atoms with van der Waals surface area (Å²) >= 11 is 0. The summed E-state index contributed by atoms with van der Waals surface area (Å²) in [4.78, 5) is 84.5. The summed E-state index contributed by atoms with van der Waals surface area (Å²) in [5.41, 5.74) is 1.83. The number of hydrogen-bond acceptors (Lipinski definition) is 12. The molecular formula is C54H71F4N9O8Si. The van der Waals surface area contributed by atoms with Crippen LogP contribution in [0.2, 0.25) is 0 Å². The van der Waals surface area contributed by atoms with Gasteiger partial charge in [-0.25, -0.2) is 14.8 Å². The van der Waals surface area contributed by atoms with Crippen molar-refractivity contribution in [2.45, 2.75) is 134 Å². The fourth-order valence-corrected chi connectivity index (χ4v) is 10.9.